The van der Waals surface area contributed by atoms with E-state index in [0.29, 0.717) is 11.4 Å². The van der Waals surface area contributed by atoms with Gasteiger partial charge >= 0.3 is 0 Å². The van der Waals surface area contributed by atoms with Gasteiger partial charge in [-0.25, -0.2) is 0 Å². The van der Waals surface area contributed by atoms with Gasteiger partial charge in [-0.2, -0.15) is 0 Å². The molecule has 0 amide bonds. The van der Waals surface area contributed by atoms with Crippen LogP contribution in [0.2, 0.25) is 0 Å². The quantitative estimate of drug-likeness (QED) is 0.0685. The molecule has 0 heterocycles. The van der Waals surface area contributed by atoms with E-state index in [9.17, 15) is 30.5 Å². The number of hydrogen-bond donors (Lipinski definition) is 4. The molecule has 13 nitrogen and oxygen atoms in total. The van der Waals surface area contributed by atoms with Crippen molar-refractivity contribution in [3.05, 3.63) is 88.5 Å². The first kappa shape index (κ1) is 38.0. The predicted octanol–water partition coefficient (Wildman–Crippen LogP) is 8.93. The summed E-state index contributed by atoms with van der Waals surface area (Å²) in [6, 6.07) is 19.0. The molecule has 4 aromatic carbocycles. The summed E-state index contributed by atoms with van der Waals surface area (Å²) in [7, 11) is 0. The Hall–Kier alpha value is -5.21. The van der Waals surface area contributed by atoms with Crippen LogP contribution in [0.15, 0.2) is 93.3 Å². The number of aromatic hydroxyl groups is 4. The Bertz CT molecular complexity index is 1710. The van der Waals surface area contributed by atoms with Gasteiger partial charge in [0.2, 0.25) is 0 Å². The maximum Gasteiger partial charge on any atom is 0.273 e. The average Bonchev–Trinajstić information content (AvgIpc) is 3.03. The first-order chi connectivity index (χ1) is 22.0. The number of phenols is 4. The average molecular weight is 689 g/mol. The van der Waals surface area contributed by atoms with Gasteiger partial charge < -0.3 is 30.2 Å². The number of nitro benzene ring substituents is 1. The molecular formula is C33H39CoN7O6. The summed E-state index contributed by atoms with van der Waals surface area (Å²) in [5.74, 6) is -0.250. The number of rotatable bonds is 11. The standard InChI is InChI=1S/C17H21N3O2.C16H18N4O4.Co/c1-4-20(5-2)13-7-9-15(17(22)11-13)19-18-14-8-6-12(3)10-16(14)21;1-3-19(4-2)11-5-7-13(15(21)9-11)17-18-14-8-6-12(20(23)24)10-16(14)22;/h6-11,21-22H,4-5H2,1-3H3;5-10,21-22H,3-4H2,1-2H3;. The minimum Gasteiger partial charge on any atom is -0.506 e. The molecule has 0 unspecified atom stereocenters. The Morgan fingerprint density at radius 3 is 1.23 bits per heavy atom. The van der Waals surface area contributed by atoms with E-state index in [1.54, 1.807) is 36.4 Å². The molecule has 0 fully saturated rings. The van der Waals surface area contributed by atoms with Crippen LogP contribution >= 0.6 is 0 Å². The van der Waals surface area contributed by atoms with E-state index < -0.39 is 4.92 Å². The fraction of sp³-hybridized carbons (Fsp3) is 0.273. The molecule has 14 heteroatoms. The normalized spacial score (nSPS) is 10.7. The molecule has 4 rings (SSSR count). The van der Waals surface area contributed by atoms with E-state index in [0.717, 1.165) is 49.2 Å². The van der Waals surface area contributed by atoms with Crippen molar-refractivity contribution in [1.29, 1.82) is 0 Å². The summed E-state index contributed by atoms with van der Waals surface area (Å²) in [4.78, 5) is 14.2. The van der Waals surface area contributed by atoms with Crippen LogP contribution in [0.4, 0.5) is 39.8 Å². The van der Waals surface area contributed by atoms with Crippen LogP contribution in [0.5, 0.6) is 23.0 Å². The van der Waals surface area contributed by atoms with E-state index in [4.69, 9.17) is 0 Å². The molecule has 251 valence electrons. The van der Waals surface area contributed by atoms with Gasteiger partial charge in [0, 0.05) is 72.5 Å². The van der Waals surface area contributed by atoms with Gasteiger partial charge in [-0.05, 0) is 82.6 Å². The number of nitrogens with zero attached hydrogens (tertiary/aromatic N) is 7. The molecule has 1 radical (unpaired) electrons. The number of hydrogen-bond acceptors (Lipinski definition) is 12. The summed E-state index contributed by atoms with van der Waals surface area (Å²) in [6.07, 6.45) is 0. The summed E-state index contributed by atoms with van der Waals surface area (Å²) in [6.45, 7) is 13.4. The van der Waals surface area contributed by atoms with Gasteiger partial charge in [-0.15, -0.1) is 20.5 Å². The first-order valence-corrected chi connectivity index (χ1v) is 14.8. The van der Waals surface area contributed by atoms with Crippen molar-refractivity contribution < 1.29 is 42.1 Å². The van der Waals surface area contributed by atoms with Crippen molar-refractivity contribution in [3.63, 3.8) is 0 Å². The molecule has 0 aliphatic carbocycles. The summed E-state index contributed by atoms with van der Waals surface area (Å²) in [5, 5.41) is 66.0. The van der Waals surface area contributed by atoms with E-state index in [1.165, 1.54) is 12.1 Å². The Morgan fingerprint density at radius 2 is 0.915 bits per heavy atom. The third-order valence-electron chi connectivity index (χ3n) is 7.01. The third-order valence-corrected chi connectivity index (χ3v) is 7.01. The van der Waals surface area contributed by atoms with Crippen LogP contribution in [0.3, 0.4) is 0 Å². The maximum absolute atomic E-state index is 10.6. The second kappa shape index (κ2) is 18.1. The van der Waals surface area contributed by atoms with E-state index in [1.807, 2.05) is 39.0 Å². The molecular weight excluding hydrogens is 649 g/mol. The minimum atomic E-state index is -0.613. The summed E-state index contributed by atoms with van der Waals surface area (Å²) < 4.78 is 0. The van der Waals surface area contributed by atoms with Crippen LogP contribution in [0.1, 0.15) is 33.3 Å². The molecule has 0 spiro atoms. The number of benzene rings is 4. The van der Waals surface area contributed by atoms with E-state index >= 15 is 0 Å². The Labute approximate surface area is 283 Å². The third kappa shape index (κ3) is 10.4. The zero-order valence-electron chi connectivity index (χ0n) is 26.8. The van der Waals surface area contributed by atoms with Crippen LogP contribution in [0.25, 0.3) is 0 Å². The number of nitro groups is 1. The van der Waals surface area contributed by atoms with Gasteiger partial charge in [-0.1, -0.05) is 6.07 Å². The molecule has 4 aromatic rings. The number of azo groups is 2. The fourth-order valence-electron chi connectivity index (χ4n) is 4.41. The minimum absolute atomic E-state index is 0. The van der Waals surface area contributed by atoms with Crippen LogP contribution in [-0.2, 0) is 16.8 Å². The van der Waals surface area contributed by atoms with Crippen molar-refractivity contribution in [2.24, 2.45) is 20.5 Å². The maximum atomic E-state index is 10.6. The molecule has 0 aliphatic heterocycles. The van der Waals surface area contributed by atoms with Crippen molar-refractivity contribution in [1.82, 2.24) is 0 Å². The Balaban J connectivity index is 0.000000321. The van der Waals surface area contributed by atoms with Gasteiger partial charge in [0.05, 0.1) is 11.0 Å². The molecule has 0 saturated carbocycles. The van der Waals surface area contributed by atoms with Crippen molar-refractivity contribution in [2.45, 2.75) is 34.6 Å². The fourth-order valence-corrected chi connectivity index (χ4v) is 4.41. The second-order valence-electron chi connectivity index (χ2n) is 10.0. The van der Waals surface area contributed by atoms with Crippen LogP contribution in [-0.4, -0.2) is 51.5 Å². The molecule has 0 atom stereocenters. The monoisotopic (exact) mass is 688 g/mol. The topological polar surface area (TPSA) is 180 Å². The van der Waals surface area contributed by atoms with E-state index in [2.05, 4.69) is 44.1 Å². The van der Waals surface area contributed by atoms with Gasteiger partial charge in [-0.3, -0.25) is 10.1 Å². The molecule has 0 aliphatic rings. The van der Waals surface area contributed by atoms with Crippen molar-refractivity contribution in [2.75, 3.05) is 36.0 Å². The smallest absolute Gasteiger partial charge is 0.273 e. The summed E-state index contributed by atoms with van der Waals surface area (Å²) in [5.41, 5.74) is 3.58. The zero-order valence-corrected chi connectivity index (χ0v) is 27.9. The van der Waals surface area contributed by atoms with Crippen molar-refractivity contribution >= 4 is 39.8 Å². The zero-order chi connectivity index (χ0) is 33.8. The van der Waals surface area contributed by atoms with Gasteiger partial charge in [0.15, 0.2) is 0 Å². The number of aryl methyl sites for hydroxylation is 1. The largest absolute Gasteiger partial charge is 0.506 e. The molecule has 47 heavy (non-hydrogen) atoms. The predicted molar refractivity (Wildman–Crippen MR) is 179 cm³/mol. The molecule has 4 N–H and O–H groups in total. The van der Waals surface area contributed by atoms with E-state index in [-0.39, 0.29) is 56.8 Å². The molecule has 0 aromatic heterocycles. The second-order valence-corrected chi connectivity index (χ2v) is 10.0. The van der Waals surface area contributed by atoms with Crippen LogP contribution < -0.4 is 9.80 Å². The van der Waals surface area contributed by atoms with Gasteiger partial charge in [0.1, 0.15) is 45.7 Å². The number of anilines is 2. The SMILES string of the molecule is CCN(CC)c1ccc(N=Nc2ccc(C)cc2O)c(O)c1.CCN(CC)c1ccc(N=Nc2ccc([N+](=O)[O-])cc2O)c(O)c1.[Co]. The Morgan fingerprint density at radius 1 is 0.574 bits per heavy atom. The van der Waals surface area contributed by atoms with Crippen LogP contribution in [0, 0.1) is 17.0 Å². The summed E-state index contributed by atoms with van der Waals surface area (Å²) >= 11 is 0. The molecule has 0 bridgehead atoms. The Kier molecular flexibility index (Phi) is 14.6. The van der Waals surface area contributed by atoms with Gasteiger partial charge in [0.25, 0.3) is 5.69 Å². The molecule has 0 saturated heterocycles. The number of non-ortho nitro benzene ring substituents is 1. The van der Waals surface area contributed by atoms with Crippen molar-refractivity contribution in [3.8, 4) is 23.0 Å². The first-order valence-electron chi connectivity index (χ1n) is 14.8. The number of phenolic OH excluding ortho intramolecular Hbond substituents is 4.